The molecule has 2 aromatic rings. The molecule has 8 aliphatic rings. The Balaban J connectivity index is 1.34. The van der Waals surface area contributed by atoms with Crippen LogP contribution in [0.15, 0.2) is 72.0 Å². The molecule has 0 aromatic heterocycles. The van der Waals surface area contributed by atoms with Crippen molar-refractivity contribution in [3.63, 3.8) is 0 Å². The SMILES string of the molecule is [2H]c1cc2cc(c1)C1COC3=C4OCC5c6cc([2H])cc(c6)C6COC7=C8OCC2N8[C](=[Ir]=[C](N31)N45)N76. The number of hydrogen-bond donors (Lipinski definition) is 0. The Kier molecular flexibility index (Phi) is 2.77. The molecule has 0 amide bonds. The van der Waals surface area contributed by atoms with Crippen molar-refractivity contribution in [1.29, 1.82) is 0 Å². The molecule has 6 bridgehead atoms. The quantitative estimate of drug-likeness (QED) is 0.433. The maximum atomic E-state index is 8.65. The third-order valence-electron chi connectivity index (χ3n) is 8.11. The van der Waals surface area contributed by atoms with Crippen LogP contribution in [-0.2, 0) is 35.7 Å². The number of benzene rings is 2. The number of nitrogens with zero attached hydrogens (tertiary/aromatic N) is 4. The van der Waals surface area contributed by atoms with Crippen LogP contribution in [-0.4, -0.2) is 54.6 Å². The van der Waals surface area contributed by atoms with Crippen molar-refractivity contribution in [3.05, 3.63) is 94.3 Å². The fraction of sp³-hybridized carbons (Fsp3) is 0.308. The molecule has 4 atom stereocenters. The molecule has 0 N–H and O–H groups in total. The Labute approximate surface area is 211 Å². The molecule has 8 nitrogen and oxygen atoms in total. The molecule has 0 aliphatic carbocycles. The minimum atomic E-state index is -0.933. The molecule has 9 heteroatoms. The molecule has 35 heavy (non-hydrogen) atoms. The van der Waals surface area contributed by atoms with E-state index in [1.165, 1.54) is 8.54 Å². The summed E-state index contributed by atoms with van der Waals surface area (Å²) in [5.41, 5.74) is 4.34. The summed E-state index contributed by atoms with van der Waals surface area (Å²) in [5, 5.41) is 0. The Morgan fingerprint density at radius 1 is 0.571 bits per heavy atom. The van der Waals surface area contributed by atoms with Crippen molar-refractivity contribution in [2.24, 2.45) is 0 Å². The molecule has 4 unspecified atom stereocenters. The molecule has 8 heterocycles. The van der Waals surface area contributed by atoms with Gasteiger partial charge in [-0.3, -0.25) is 0 Å². The van der Waals surface area contributed by atoms with Crippen LogP contribution in [0.2, 0.25) is 0 Å². The maximum absolute atomic E-state index is 8.65. The molecule has 0 saturated carbocycles. The molecule has 2 aromatic carbocycles. The third kappa shape index (κ3) is 1.99. The first-order valence-electron chi connectivity index (χ1n) is 12.9. The van der Waals surface area contributed by atoms with Gasteiger partial charge in [-0.2, -0.15) is 0 Å². The van der Waals surface area contributed by atoms with Gasteiger partial charge in [0, 0.05) is 0 Å². The average Bonchev–Trinajstić information content (AvgIpc) is 3.68. The molecule has 8 aliphatic heterocycles. The normalized spacial score (nSPS) is 32.6. The van der Waals surface area contributed by atoms with Crippen molar-refractivity contribution in [2.75, 3.05) is 26.4 Å². The summed E-state index contributed by atoms with van der Waals surface area (Å²) in [6.07, 6.45) is 0. The Bertz CT molecular complexity index is 1420. The summed E-state index contributed by atoms with van der Waals surface area (Å²) in [5.74, 6) is 3.11. The summed E-state index contributed by atoms with van der Waals surface area (Å²) >= 11 is -0.933. The van der Waals surface area contributed by atoms with E-state index in [0.717, 1.165) is 45.8 Å². The summed E-state index contributed by atoms with van der Waals surface area (Å²) in [6, 6.07) is 13.2. The van der Waals surface area contributed by atoms with Crippen molar-refractivity contribution >= 4 is 8.54 Å². The van der Waals surface area contributed by atoms with E-state index in [9.17, 15) is 0 Å². The van der Waals surface area contributed by atoms with Gasteiger partial charge in [0.15, 0.2) is 0 Å². The second-order valence-corrected chi connectivity index (χ2v) is 12.5. The number of rotatable bonds is 0. The first kappa shape index (κ1) is 16.4. The topological polar surface area (TPSA) is 49.9 Å². The molecule has 0 spiro atoms. The van der Waals surface area contributed by atoms with Crippen LogP contribution in [0.25, 0.3) is 0 Å². The zero-order valence-electron chi connectivity index (χ0n) is 20.4. The van der Waals surface area contributed by atoms with E-state index in [0.29, 0.717) is 38.5 Å². The van der Waals surface area contributed by atoms with Gasteiger partial charge in [-0.25, -0.2) is 0 Å². The first-order chi connectivity index (χ1) is 18.1. The van der Waals surface area contributed by atoms with Crippen LogP contribution in [0.5, 0.6) is 0 Å². The standard InChI is InChI=1S/C26H20N4O4.Ir/c1-3-15-7-16(4-1)20-10-32-24-26-30(14-28(20)24)22(12-34-26)18-6-2-5-17(8-18)21-11-33-25-23-27(13-29(21)25)19(15)9-31-23;/h1-8,19-22H,9-12H2;/i1D,2D;. The van der Waals surface area contributed by atoms with Crippen LogP contribution in [0, 0.1) is 0 Å². The minimum absolute atomic E-state index is 0.0189. The summed E-state index contributed by atoms with van der Waals surface area (Å²) < 4.78 is 45.2. The molecular weight excluding hydrogens is 625 g/mol. The average molecular weight is 647 g/mol. The van der Waals surface area contributed by atoms with E-state index < -0.39 is 16.8 Å². The van der Waals surface area contributed by atoms with E-state index in [-0.39, 0.29) is 24.2 Å². The van der Waals surface area contributed by atoms with Gasteiger partial charge < -0.3 is 0 Å². The van der Waals surface area contributed by atoms with Gasteiger partial charge >= 0.3 is 211 Å². The van der Waals surface area contributed by atoms with Crippen LogP contribution < -0.4 is 0 Å². The van der Waals surface area contributed by atoms with Gasteiger partial charge in [0.2, 0.25) is 0 Å². The fourth-order valence-electron chi connectivity index (χ4n) is 6.47. The second kappa shape index (κ2) is 5.91. The molecule has 177 valence electrons. The molecule has 0 radical (unpaired) electrons. The molecular formula is C26H20IrN4O4. The molecule has 4 saturated heterocycles. The monoisotopic (exact) mass is 647 g/mol. The van der Waals surface area contributed by atoms with Crippen molar-refractivity contribution < 1.29 is 38.5 Å². The van der Waals surface area contributed by atoms with E-state index in [4.69, 9.17) is 21.7 Å². The van der Waals surface area contributed by atoms with Gasteiger partial charge in [0.05, 0.1) is 0 Å². The number of ether oxygens (including phenoxy) is 4. The van der Waals surface area contributed by atoms with Crippen LogP contribution >= 0.6 is 0 Å². The fourth-order valence-corrected chi connectivity index (χ4v) is 10.6. The zero-order valence-corrected chi connectivity index (χ0v) is 20.8. The number of fused-ring (bicyclic) bond motifs is 8. The third-order valence-corrected chi connectivity index (χ3v) is 11.5. The number of hydrogen-bond acceptors (Lipinski definition) is 8. The van der Waals surface area contributed by atoms with E-state index >= 15 is 0 Å². The van der Waals surface area contributed by atoms with Crippen molar-refractivity contribution in [2.45, 2.75) is 24.2 Å². The van der Waals surface area contributed by atoms with Gasteiger partial charge in [-0.05, 0) is 0 Å². The van der Waals surface area contributed by atoms with Gasteiger partial charge in [0.25, 0.3) is 0 Å². The summed E-state index contributed by atoms with van der Waals surface area (Å²) in [6.45, 7) is 2.10. The zero-order chi connectivity index (χ0) is 24.2. The van der Waals surface area contributed by atoms with Crippen molar-refractivity contribution in [3.8, 4) is 0 Å². The van der Waals surface area contributed by atoms with Crippen LogP contribution in [0.3, 0.4) is 0 Å². The van der Waals surface area contributed by atoms with E-state index in [1.807, 2.05) is 24.3 Å². The molecule has 4 fully saturated rings. The molecule has 10 rings (SSSR count). The van der Waals surface area contributed by atoms with Gasteiger partial charge in [0.1, 0.15) is 0 Å². The summed E-state index contributed by atoms with van der Waals surface area (Å²) in [7, 11) is 0. The Morgan fingerprint density at radius 3 is 1.20 bits per heavy atom. The van der Waals surface area contributed by atoms with Crippen LogP contribution in [0.1, 0.15) is 49.2 Å². The second-order valence-electron chi connectivity index (χ2n) is 9.79. The Morgan fingerprint density at radius 2 is 0.886 bits per heavy atom. The first-order valence-corrected chi connectivity index (χ1v) is 14.3. The predicted octanol–water partition coefficient (Wildman–Crippen LogP) is 2.44. The van der Waals surface area contributed by atoms with Gasteiger partial charge in [-0.1, -0.05) is 0 Å². The van der Waals surface area contributed by atoms with Gasteiger partial charge in [-0.15, -0.1) is 0 Å². The van der Waals surface area contributed by atoms with Crippen molar-refractivity contribution in [1.82, 2.24) is 19.6 Å². The van der Waals surface area contributed by atoms with E-state index in [1.54, 1.807) is 0 Å². The van der Waals surface area contributed by atoms with Crippen LogP contribution in [0.4, 0.5) is 0 Å². The predicted molar refractivity (Wildman–Crippen MR) is 119 cm³/mol. The Hall–Kier alpha value is -3.29. The summed E-state index contributed by atoms with van der Waals surface area (Å²) in [4.78, 5) is 9.34. The van der Waals surface area contributed by atoms with E-state index in [2.05, 4.69) is 31.7 Å².